The number of nitriles is 1. The summed E-state index contributed by atoms with van der Waals surface area (Å²) in [5.41, 5.74) is 6.07. The van der Waals surface area contributed by atoms with Crippen LogP contribution in [-0.2, 0) is 9.59 Å². The number of primary amides is 1. The van der Waals surface area contributed by atoms with Crippen molar-refractivity contribution in [3.05, 3.63) is 29.8 Å². The van der Waals surface area contributed by atoms with Crippen molar-refractivity contribution in [3.63, 3.8) is 0 Å². The zero-order chi connectivity index (χ0) is 13.4. The first-order chi connectivity index (χ1) is 8.61. The van der Waals surface area contributed by atoms with Gasteiger partial charge in [0.05, 0.1) is 17.4 Å². The van der Waals surface area contributed by atoms with E-state index in [0.717, 1.165) is 0 Å². The summed E-state index contributed by atoms with van der Waals surface area (Å²) in [6, 6.07) is 8.69. The van der Waals surface area contributed by atoms with Gasteiger partial charge in [0.1, 0.15) is 0 Å². The summed E-state index contributed by atoms with van der Waals surface area (Å²) in [6.45, 7) is 0. The van der Waals surface area contributed by atoms with Crippen molar-refractivity contribution >= 4 is 29.3 Å². The number of thioether (sulfide) groups is 1. The summed E-state index contributed by atoms with van der Waals surface area (Å²) in [6.07, 6.45) is 0.300. The maximum absolute atomic E-state index is 11.5. The van der Waals surface area contributed by atoms with Gasteiger partial charge in [0, 0.05) is 17.9 Å². The largest absolute Gasteiger partial charge is 0.369 e. The van der Waals surface area contributed by atoms with Crippen LogP contribution in [-0.4, -0.2) is 23.3 Å². The molecule has 0 saturated heterocycles. The van der Waals surface area contributed by atoms with Gasteiger partial charge < -0.3 is 11.1 Å². The molecule has 0 radical (unpaired) electrons. The average Bonchev–Trinajstić information content (AvgIpc) is 2.34. The van der Waals surface area contributed by atoms with Gasteiger partial charge in [-0.15, -0.1) is 0 Å². The third-order valence-electron chi connectivity index (χ3n) is 1.99. The molecule has 0 aliphatic rings. The van der Waals surface area contributed by atoms with E-state index in [2.05, 4.69) is 5.32 Å². The molecule has 1 aromatic rings. The Balaban J connectivity index is 2.35. The van der Waals surface area contributed by atoms with E-state index in [0.29, 0.717) is 23.4 Å². The van der Waals surface area contributed by atoms with Gasteiger partial charge >= 0.3 is 0 Å². The Kier molecular flexibility index (Phi) is 5.74. The van der Waals surface area contributed by atoms with Gasteiger partial charge in [-0.1, -0.05) is 6.07 Å². The molecule has 0 aliphatic carbocycles. The van der Waals surface area contributed by atoms with Crippen molar-refractivity contribution in [2.45, 2.75) is 6.42 Å². The van der Waals surface area contributed by atoms with Crippen LogP contribution in [0.4, 0.5) is 5.69 Å². The highest BCUT2D eigenvalue weighted by atomic mass is 32.2. The minimum Gasteiger partial charge on any atom is -0.369 e. The van der Waals surface area contributed by atoms with E-state index in [4.69, 9.17) is 11.0 Å². The Morgan fingerprint density at radius 3 is 2.89 bits per heavy atom. The third-order valence-corrected chi connectivity index (χ3v) is 2.97. The summed E-state index contributed by atoms with van der Waals surface area (Å²) >= 11 is 1.32. The lowest BCUT2D eigenvalue weighted by molar-refractivity contribution is -0.116. The lowest BCUT2D eigenvalue weighted by atomic mass is 10.2. The molecule has 0 bridgehead atoms. The summed E-state index contributed by atoms with van der Waals surface area (Å²) in [4.78, 5) is 22.0. The number of nitrogens with zero attached hydrogens (tertiary/aromatic N) is 1. The van der Waals surface area contributed by atoms with Crippen LogP contribution in [0.25, 0.3) is 0 Å². The zero-order valence-corrected chi connectivity index (χ0v) is 10.5. The number of amides is 2. The Bertz CT molecular complexity index is 482. The molecule has 18 heavy (non-hydrogen) atoms. The second-order valence-corrected chi connectivity index (χ2v) is 4.61. The molecule has 0 aromatic heterocycles. The minimum atomic E-state index is -0.387. The Labute approximate surface area is 109 Å². The lowest BCUT2D eigenvalue weighted by Crippen LogP contribution is -2.15. The molecule has 2 amide bonds. The Hall–Kier alpha value is -2.00. The molecule has 0 fully saturated rings. The van der Waals surface area contributed by atoms with E-state index in [-0.39, 0.29) is 17.6 Å². The average molecular weight is 263 g/mol. The predicted molar refractivity (Wildman–Crippen MR) is 70.9 cm³/mol. The van der Waals surface area contributed by atoms with E-state index in [1.54, 1.807) is 24.3 Å². The third kappa shape index (κ3) is 5.37. The van der Waals surface area contributed by atoms with Crippen LogP contribution in [0, 0.1) is 11.3 Å². The minimum absolute atomic E-state index is 0.151. The van der Waals surface area contributed by atoms with Gasteiger partial charge in [-0.3, -0.25) is 9.59 Å². The van der Waals surface area contributed by atoms with Crippen LogP contribution in [0.3, 0.4) is 0 Å². The van der Waals surface area contributed by atoms with Crippen LogP contribution in [0.2, 0.25) is 0 Å². The van der Waals surface area contributed by atoms with Gasteiger partial charge in [-0.05, 0) is 18.2 Å². The molecule has 6 heteroatoms. The second-order valence-electron chi connectivity index (χ2n) is 3.51. The van der Waals surface area contributed by atoms with Crippen LogP contribution in [0.5, 0.6) is 0 Å². The number of rotatable bonds is 6. The zero-order valence-electron chi connectivity index (χ0n) is 9.68. The number of hydrogen-bond donors (Lipinski definition) is 2. The van der Waals surface area contributed by atoms with Crippen molar-refractivity contribution in [3.8, 4) is 6.07 Å². The maximum Gasteiger partial charge on any atom is 0.227 e. The molecule has 94 valence electrons. The summed E-state index contributed by atoms with van der Waals surface area (Å²) in [5.74, 6) is 0.216. The fourth-order valence-electron chi connectivity index (χ4n) is 1.23. The van der Waals surface area contributed by atoms with Crippen LogP contribution < -0.4 is 11.1 Å². The maximum atomic E-state index is 11.5. The fourth-order valence-corrected chi connectivity index (χ4v) is 1.90. The highest BCUT2D eigenvalue weighted by Crippen LogP contribution is 2.10. The molecule has 0 saturated carbocycles. The quantitative estimate of drug-likeness (QED) is 0.751. The summed E-state index contributed by atoms with van der Waals surface area (Å²) in [7, 11) is 0. The number of nitrogens with two attached hydrogens (primary N) is 1. The predicted octanol–water partition coefficient (Wildman–Crippen LogP) is 1.11. The van der Waals surface area contributed by atoms with Crippen molar-refractivity contribution in [1.82, 2.24) is 0 Å². The second kappa shape index (κ2) is 7.35. The topological polar surface area (TPSA) is 96.0 Å². The normalized spacial score (nSPS) is 9.50. The van der Waals surface area contributed by atoms with Gasteiger partial charge in [-0.2, -0.15) is 17.0 Å². The lowest BCUT2D eigenvalue weighted by Gasteiger charge is -2.04. The first-order valence-electron chi connectivity index (χ1n) is 5.28. The number of carbonyl (C=O) groups excluding carboxylic acids is 2. The van der Waals surface area contributed by atoms with E-state index in [1.807, 2.05) is 6.07 Å². The molecule has 0 unspecified atom stereocenters. The van der Waals surface area contributed by atoms with E-state index < -0.39 is 0 Å². The fraction of sp³-hybridized carbons (Fsp3) is 0.250. The first-order valence-corrected chi connectivity index (χ1v) is 6.43. The monoisotopic (exact) mass is 263 g/mol. The molecule has 1 rings (SSSR count). The molecular weight excluding hydrogens is 250 g/mol. The Morgan fingerprint density at radius 1 is 1.44 bits per heavy atom. The van der Waals surface area contributed by atoms with Gasteiger partial charge in [0.15, 0.2) is 0 Å². The van der Waals surface area contributed by atoms with Crippen molar-refractivity contribution in [1.29, 1.82) is 5.26 Å². The highest BCUT2D eigenvalue weighted by Gasteiger charge is 2.03. The molecule has 3 N–H and O–H groups in total. The van der Waals surface area contributed by atoms with Crippen LogP contribution >= 0.6 is 11.8 Å². The molecular formula is C12H13N3O2S. The molecule has 0 atom stereocenters. The summed E-state index contributed by atoms with van der Waals surface area (Å²) < 4.78 is 0. The molecule has 5 nitrogen and oxygen atoms in total. The van der Waals surface area contributed by atoms with E-state index in [1.165, 1.54) is 11.8 Å². The summed E-state index contributed by atoms with van der Waals surface area (Å²) in [5, 5.41) is 11.4. The van der Waals surface area contributed by atoms with Crippen molar-refractivity contribution in [2.75, 3.05) is 16.8 Å². The van der Waals surface area contributed by atoms with Gasteiger partial charge in [-0.25, -0.2) is 0 Å². The van der Waals surface area contributed by atoms with Gasteiger partial charge in [0.25, 0.3) is 0 Å². The molecule has 0 heterocycles. The standard InChI is InChI=1S/C12H13N3O2S/c13-7-9-2-1-3-10(6-9)15-12(17)4-5-18-8-11(14)16/h1-3,6H,4-5,8H2,(H2,14,16)(H,15,17). The smallest absolute Gasteiger partial charge is 0.227 e. The number of anilines is 1. The van der Waals surface area contributed by atoms with Crippen LogP contribution in [0.1, 0.15) is 12.0 Å². The van der Waals surface area contributed by atoms with Crippen molar-refractivity contribution in [2.24, 2.45) is 5.73 Å². The van der Waals surface area contributed by atoms with Crippen LogP contribution in [0.15, 0.2) is 24.3 Å². The Morgan fingerprint density at radius 2 is 2.22 bits per heavy atom. The first kappa shape index (κ1) is 14.1. The molecule has 0 aliphatic heterocycles. The molecule has 0 spiro atoms. The van der Waals surface area contributed by atoms with Gasteiger partial charge in [0.2, 0.25) is 11.8 Å². The number of hydrogen-bond acceptors (Lipinski definition) is 4. The number of nitrogens with one attached hydrogen (secondary N) is 1. The van der Waals surface area contributed by atoms with Crippen molar-refractivity contribution < 1.29 is 9.59 Å². The SMILES string of the molecule is N#Cc1cccc(NC(=O)CCSCC(N)=O)c1. The number of benzene rings is 1. The van der Waals surface area contributed by atoms with E-state index >= 15 is 0 Å². The highest BCUT2D eigenvalue weighted by molar-refractivity contribution is 7.99. The molecule has 1 aromatic carbocycles. The number of carbonyl (C=O) groups is 2. The van der Waals surface area contributed by atoms with E-state index in [9.17, 15) is 9.59 Å².